The van der Waals surface area contributed by atoms with Crippen molar-refractivity contribution < 1.29 is 41.3 Å². The van der Waals surface area contributed by atoms with Crippen molar-refractivity contribution in [3.63, 3.8) is 0 Å². The number of hydrogen-bond donors (Lipinski definition) is 1. The SMILES string of the molecule is CCOC(=O)/C(C)=C/c1ccc(Oc2ccc(S(=O)(=O)NCCOCCOCCOC)cc2)c(F)c1. The summed E-state index contributed by atoms with van der Waals surface area (Å²) in [7, 11) is -2.16. The number of benzene rings is 2. The molecule has 11 heteroatoms. The molecule has 0 spiro atoms. The Balaban J connectivity index is 1.87. The van der Waals surface area contributed by atoms with E-state index in [-0.39, 0.29) is 36.2 Å². The number of carbonyl (C=O) groups excluding carboxylic acids is 1. The zero-order valence-electron chi connectivity index (χ0n) is 20.6. The van der Waals surface area contributed by atoms with Gasteiger partial charge in [0.1, 0.15) is 5.75 Å². The van der Waals surface area contributed by atoms with Crippen LogP contribution < -0.4 is 9.46 Å². The summed E-state index contributed by atoms with van der Waals surface area (Å²) in [4.78, 5) is 11.7. The lowest BCUT2D eigenvalue weighted by atomic mass is 10.1. The van der Waals surface area contributed by atoms with E-state index in [0.717, 1.165) is 0 Å². The molecule has 0 amide bonds. The maximum Gasteiger partial charge on any atom is 0.333 e. The molecule has 0 aliphatic rings. The lowest BCUT2D eigenvalue weighted by Gasteiger charge is -2.10. The van der Waals surface area contributed by atoms with Crippen LogP contribution in [-0.4, -0.2) is 67.7 Å². The molecular weight excluding hydrogens is 493 g/mol. The highest BCUT2D eigenvalue weighted by atomic mass is 32.2. The van der Waals surface area contributed by atoms with Gasteiger partial charge >= 0.3 is 5.97 Å². The minimum atomic E-state index is -3.74. The van der Waals surface area contributed by atoms with Crippen molar-refractivity contribution in [3.05, 3.63) is 59.4 Å². The standard InChI is InChI=1S/C25H32FNO8S/c1-4-34-25(28)19(2)17-20-5-10-24(23(26)18-20)35-21-6-8-22(9-7-21)36(29,30)27-11-12-32-15-16-33-14-13-31-3/h5-10,17-18,27H,4,11-16H2,1-3H3/b19-17+. The number of carbonyl (C=O) groups is 1. The predicted molar refractivity (Wildman–Crippen MR) is 132 cm³/mol. The number of halogens is 1. The van der Waals surface area contributed by atoms with Gasteiger partial charge in [-0.25, -0.2) is 22.3 Å². The Morgan fingerprint density at radius 1 is 1.00 bits per heavy atom. The smallest absolute Gasteiger partial charge is 0.333 e. The highest BCUT2D eigenvalue weighted by Crippen LogP contribution is 2.27. The average Bonchev–Trinajstić information content (AvgIpc) is 2.85. The Labute approximate surface area is 211 Å². The van der Waals surface area contributed by atoms with E-state index in [4.69, 9.17) is 23.7 Å². The largest absolute Gasteiger partial charge is 0.463 e. The topological polar surface area (TPSA) is 109 Å². The first-order chi connectivity index (χ1) is 17.3. The molecule has 0 radical (unpaired) electrons. The van der Waals surface area contributed by atoms with Gasteiger partial charge in [0.15, 0.2) is 11.6 Å². The average molecular weight is 526 g/mol. The highest BCUT2D eigenvalue weighted by molar-refractivity contribution is 7.89. The number of rotatable bonds is 16. The first-order valence-corrected chi connectivity index (χ1v) is 12.8. The number of esters is 1. The molecule has 1 N–H and O–H groups in total. The van der Waals surface area contributed by atoms with Crippen LogP contribution in [0.5, 0.6) is 11.5 Å². The summed E-state index contributed by atoms with van der Waals surface area (Å²) in [6.07, 6.45) is 1.51. The monoisotopic (exact) mass is 525 g/mol. The van der Waals surface area contributed by atoms with Crippen molar-refractivity contribution in [1.82, 2.24) is 4.72 Å². The van der Waals surface area contributed by atoms with Crippen LogP contribution in [-0.2, 0) is 33.8 Å². The molecule has 0 aliphatic heterocycles. The van der Waals surface area contributed by atoms with Gasteiger partial charge in [0, 0.05) is 19.2 Å². The third-order valence-electron chi connectivity index (χ3n) is 4.64. The Morgan fingerprint density at radius 2 is 1.67 bits per heavy atom. The fourth-order valence-corrected chi connectivity index (χ4v) is 3.87. The highest BCUT2D eigenvalue weighted by Gasteiger charge is 2.14. The Kier molecular flexibility index (Phi) is 12.5. The number of methoxy groups -OCH3 is 1. The van der Waals surface area contributed by atoms with E-state index >= 15 is 0 Å². The van der Waals surface area contributed by atoms with Crippen molar-refractivity contribution in [2.75, 3.05) is 53.3 Å². The molecule has 0 unspecified atom stereocenters. The molecule has 0 saturated heterocycles. The maximum absolute atomic E-state index is 14.5. The van der Waals surface area contributed by atoms with E-state index in [2.05, 4.69) is 4.72 Å². The van der Waals surface area contributed by atoms with Crippen LogP contribution in [0.25, 0.3) is 6.08 Å². The van der Waals surface area contributed by atoms with Crippen LogP contribution in [0.2, 0.25) is 0 Å². The van der Waals surface area contributed by atoms with E-state index in [1.807, 2.05) is 0 Å². The first-order valence-electron chi connectivity index (χ1n) is 11.3. The summed E-state index contributed by atoms with van der Waals surface area (Å²) in [5.41, 5.74) is 0.814. The lowest BCUT2D eigenvalue weighted by Crippen LogP contribution is -2.27. The molecule has 0 heterocycles. The fourth-order valence-electron chi connectivity index (χ4n) is 2.85. The molecule has 0 aliphatic carbocycles. The van der Waals surface area contributed by atoms with E-state index in [1.54, 1.807) is 27.0 Å². The molecule has 0 saturated carbocycles. The summed E-state index contributed by atoms with van der Waals surface area (Å²) < 4.78 is 67.7. The minimum absolute atomic E-state index is 0.0353. The van der Waals surface area contributed by atoms with Crippen molar-refractivity contribution in [1.29, 1.82) is 0 Å². The summed E-state index contributed by atoms with van der Waals surface area (Å²) in [6.45, 7) is 5.54. The molecule has 0 bridgehead atoms. The Morgan fingerprint density at radius 3 is 2.31 bits per heavy atom. The van der Waals surface area contributed by atoms with Gasteiger partial charge in [0.25, 0.3) is 0 Å². The van der Waals surface area contributed by atoms with Gasteiger partial charge in [-0.05, 0) is 61.9 Å². The van der Waals surface area contributed by atoms with Crippen LogP contribution in [0.15, 0.2) is 52.9 Å². The summed E-state index contributed by atoms with van der Waals surface area (Å²) in [6, 6.07) is 9.83. The van der Waals surface area contributed by atoms with Crippen LogP contribution in [0, 0.1) is 5.82 Å². The quantitative estimate of drug-likeness (QED) is 0.201. The minimum Gasteiger partial charge on any atom is -0.463 e. The number of nitrogens with one attached hydrogen (secondary N) is 1. The number of hydrogen-bond acceptors (Lipinski definition) is 8. The summed E-state index contributed by atoms with van der Waals surface area (Å²) in [5, 5.41) is 0. The van der Waals surface area contributed by atoms with Gasteiger partial charge < -0.3 is 23.7 Å². The lowest BCUT2D eigenvalue weighted by molar-refractivity contribution is -0.138. The van der Waals surface area contributed by atoms with Crippen LogP contribution >= 0.6 is 0 Å². The molecule has 36 heavy (non-hydrogen) atoms. The number of ether oxygens (including phenoxy) is 5. The van der Waals surface area contributed by atoms with E-state index in [9.17, 15) is 17.6 Å². The van der Waals surface area contributed by atoms with Gasteiger partial charge in [0.05, 0.1) is 44.5 Å². The van der Waals surface area contributed by atoms with Gasteiger partial charge in [-0.1, -0.05) is 6.07 Å². The second kappa shape index (κ2) is 15.3. The van der Waals surface area contributed by atoms with E-state index < -0.39 is 21.8 Å². The summed E-state index contributed by atoms with van der Waals surface area (Å²) >= 11 is 0. The molecular formula is C25H32FNO8S. The second-order valence-corrected chi connectivity index (χ2v) is 9.19. The number of sulfonamides is 1. The molecule has 0 fully saturated rings. The second-order valence-electron chi connectivity index (χ2n) is 7.43. The molecule has 0 atom stereocenters. The van der Waals surface area contributed by atoms with Crippen LogP contribution in [0.3, 0.4) is 0 Å². The van der Waals surface area contributed by atoms with Gasteiger partial charge in [-0.15, -0.1) is 0 Å². The third-order valence-corrected chi connectivity index (χ3v) is 6.12. The first kappa shape index (κ1) is 29.4. The van der Waals surface area contributed by atoms with Crippen molar-refractivity contribution in [3.8, 4) is 11.5 Å². The van der Waals surface area contributed by atoms with E-state index in [1.165, 1.54) is 42.5 Å². The van der Waals surface area contributed by atoms with Gasteiger partial charge in [0.2, 0.25) is 10.0 Å². The molecule has 2 aromatic carbocycles. The molecule has 0 aromatic heterocycles. The zero-order chi connectivity index (χ0) is 26.4. The van der Waals surface area contributed by atoms with Gasteiger partial charge in [-0.2, -0.15) is 0 Å². The van der Waals surface area contributed by atoms with Crippen LogP contribution in [0.1, 0.15) is 19.4 Å². The molecule has 2 rings (SSSR count). The predicted octanol–water partition coefficient (Wildman–Crippen LogP) is 3.54. The molecule has 9 nitrogen and oxygen atoms in total. The molecule has 2 aromatic rings. The zero-order valence-corrected chi connectivity index (χ0v) is 21.4. The Bertz CT molecular complexity index is 1100. The maximum atomic E-state index is 14.5. The summed E-state index contributed by atoms with van der Waals surface area (Å²) in [5.74, 6) is -0.893. The van der Waals surface area contributed by atoms with Crippen molar-refractivity contribution in [2.24, 2.45) is 0 Å². The van der Waals surface area contributed by atoms with Crippen molar-refractivity contribution >= 4 is 22.1 Å². The van der Waals surface area contributed by atoms with Crippen LogP contribution in [0.4, 0.5) is 4.39 Å². The molecule has 198 valence electrons. The van der Waals surface area contributed by atoms with Crippen molar-refractivity contribution in [2.45, 2.75) is 18.7 Å². The Hall–Kier alpha value is -2.83. The fraction of sp³-hybridized carbons (Fsp3) is 0.400. The normalized spacial score (nSPS) is 11.9. The van der Waals surface area contributed by atoms with Gasteiger partial charge in [-0.3, -0.25) is 0 Å². The van der Waals surface area contributed by atoms with E-state index in [0.29, 0.717) is 37.6 Å². The third kappa shape index (κ3) is 10.0.